The van der Waals surface area contributed by atoms with Crippen molar-refractivity contribution in [3.05, 3.63) is 28.2 Å². The number of anilines is 1. The van der Waals surface area contributed by atoms with Crippen LogP contribution < -0.4 is 4.90 Å². The van der Waals surface area contributed by atoms with E-state index in [0.717, 1.165) is 16.6 Å². The van der Waals surface area contributed by atoms with E-state index in [1.54, 1.807) is 6.92 Å². The average molecular weight is 298 g/mol. The molecule has 2 rings (SSSR count). The number of aliphatic hydroxyl groups is 1. The molecular weight excluding hydrogens is 278 g/mol. The minimum absolute atomic E-state index is 0.231. The molecule has 1 heterocycles. The molecule has 1 aliphatic heterocycles. The van der Waals surface area contributed by atoms with Gasteiger partial charge in [0.15, 0.2) is 0 Å². The lowest BCUT2D eigenvalue weighted by atomic mass is 10.0. The maximum atomic E-state index is 9.57. The van der Waals surface area contributed by atoms with E-state index in [2.05, 4.69) is 40.7 Å². The van der Waals surface area contributed by atoms with Crippen molar-refractivity contribution in [2.75, 3.05) is 11.4 Å². The molecule has 1 fully saturated rings. The monoisotopic (exact) mass is 297 g/mol. The van der Waals surface area contributed by atoms with Gasteiger partial charge >= 0.3 is 0 Å². The predicted octanol–water partition coefficient (Wildman–Crippen LogP) is 3.88. The second-order valence-electron chi connectivity index (χ2n) is 5.45. The number of halogens is 1. The topological polar surface area (TPSA) is 23.5 Å². The second kappa shape index (κ2) is 4.62. The van der Waals surface area contributed by atoms with E-state index < -0.39 is 6.10 Å². The molecule has 17 heavy (non-hydrogen) atoms. The molecule has 2 nitrogen and oxygen atoms in total. The van der Waals surface area contributed by atoms with E-state index in [-0.39, 0.29) is 5.54 Å². The summed E-state index contributed by atoms with van der Waals surface area (Å²) in [6, 6.07) is 6.15. The van der Waals surface area contributed by atoms with Gasteiger partial charge in [-0.25, -0.2) is 0 Å². The minimum Gasteiger partial charge on any atom is -0.389 e. The van der Waals surface area contributed by atoms with Crippen molar-refractivity contribution in [2.24, 2.45) is 0 Å². The zero-order valence-corrected chi connectivity index (χ0v) is 12.3. The first-order chi connectivity index (χ1) is 7.92. The highest BCUT2D eigenvalue weighted by Gasteiger charge is 2.32. The third-order valence-electron chi connectivity index (χ3n) is 3.65. The van der Waals surface area contributed by atoms with Crippen LogP contribution in [0.1, 0.15) is 45.3 Å². The van der Waals surface area contributed by atoms with Crippen LogP contribution in [0.2, 0.25) is 0 Å². The molecule has 1 atom stereocenters. The maximum Gasteiger partial charge on any atom is 0.0762 e. The molecule has 3 heteroatoms. The van der Waals surface area contributed by atoms with Gasteiger partial charge in [0, 0.05) is 16.6 Å². The fraction of sp³-hybridized carbons (Fsp3) is 0.571. The summed E-state index contributed by atoms with van der Waals surface area (Å²) in [5.74, 6) is 0. The number of rotatable bonds is 2. The fourth-order valence-corrected chi connectivity index (χ4v) is 3.17. The summed E-state index contributed by atoms with van der Waals surface area (Å²) in [6.45, 7) is 7.48. The van der Waals surface area contributed by atoms with Gasteiger partial charge in [0.1, 0.15) is 0 Å². The Morgan fingerprint density at radius 1 is 1.41 bits per heavy atom. The predicted molar refractivity (Wildman–Crippen MR) is 75.4 cm³/mol. The summed E-state index contributed by atoms with van der Waals surface area (Å²) < 4.78 is 1.07. The van der Waals surface area contributed by atoms with E-state index in [1.807, 2.05) is 12.1 Å². The molecule has 0 saturated carbocycles. The van der Waals surface area contributed by atoms with Crippen LogP contribution in [0.25, 0.3) is 0 Å². The van der Waals surface area contributed by atoms with Gasteiger partial charge in [-0.3, -0.25) is 0 Å². The van der Waals surface area contributed by atoms with Gasteiger partial charge in [0.25, 0.3) is 0 Å². The lowest BCUT2D eigenvalue weighted by Gasteiger charge is -2.34. The summed E-state index contributed by atoms with van der Waals surface area (Å²) in [6.07, 6.45) is 2.07. The first-order valence-corrected chi connectivity index (χ1v) is 6.96. The highest BCUT2D eigenvalue weighted by molar-refractivity contribution is 9.10. The van der Waals surface area contributed by atoms with Crippen molar-refractivity contribution in [3.8, 4) is 0 Å². The van der Waals surface area contributed by atoms with Crippen molar-refractivity contribution in [1.82, 2.24) is 0 Å². The normalized spacial score (nSPS) is 20.6. The van der Waals surface area contributed by atoms with E-state index in [0.29, 0.717) is 0 Å². The average Bonchev–Trinajstić information content (AvgIpc) is 2.58. The van der Waals surface area contributed by atoms with Crippen molar-refractivity contribution in [3.63, 3.8) is 0 Å². The van der Waals surface area contributed by atoms with Crippen LogP contribution >= 0.6 is 15.9 Å². The Balaban J connectivity index is 2.34. The molecule has 0 spiro atoms. The molecule has 1 aromatic carbocycles. The molecule has 1 saturated heterocycles. The molecule has 0 radical (unpaired) electrons. The number of hydrogen-bond donors (Lipinski definition) is 1. The summed E-state index contributed by atoms with van der Waals surface area (Å²) in [5, 5.41) is 9.57. The van der Waals surface area contributed by atoms with Crippen molar-refractivity contribution >= 4 is 21.6 Å². The van der Waals surface area contributed by atoms with Crippen LogP contribution in [0.5, 0.6) is 0 Å². The lowest BCUT2D eigenvalue weighted by Crippen LogP contribution is -2.38. The molecule has 0 unspecified atom stereocenters. The van der Waals surface area contributed by atoms with Gasteiger partial charge < -0.3 is 10.0 Å². The summed E-state index contributed by atoms with van der Waals surface area (Å²) in [4.78, 5) is 2.45. The Morgan fingerprint density at radius 3 is 2.59 bits per heavy atom. The Hall–Kier alpha value is -0.540. The molecule has 0 aromatic heterocycles. The molecular formula is C14H20BrNO. The SMILES string of the molecule is C[C@H](O)c1ccc(N2CCCC2(C)C)c(Br)c1. The van der Waals surface area contributed by atoms with Crippen LogP contribution in [-0.4, -0.2) is 17.2 Å². The van der Waals surface area contributed by atoms with Gasteiger partial charge in [0.2, 0.25) is 0 Å². The third-order valence-corrected chi connectivity index (χ3v) is 4.28. The fourth-order valence-electron chi connectivity index (χ4n) is 2.56. The lowest BCUT2D eigenvalue weighted by molar-refractivity contribution is 0.199. The van der Waals surface area contributed by atoms with Gasteiger partial charge in [-0.15, -0.1) is 0 Å². The first-order valence-electron chi connectivity index (χ1n) is 6.17. The Kier molecular flexibility index (Phi) is 3.50. The van der Waals surface area contributed by atoms with Crippen molar-refractivity contribution < 1.29 is 5.11 Å². The number of benzene rings is 1. The highest BCUT2D eigenvalue weighted by Crippen LogP contribution is 2.38. The molecule has 1 aromatic rings. The second-order valence-corrected chi connectivity index (χ2v) is 6.31. The van der Waals surface area contributed by atoms with Crippen LogP contribution in [0.15, 0.2) is 22.7 Å². The molecule has 0 aliphatic carbocycles. The number of hydrogen-bond acceptors (Lipinski definition) is 2. The maximum absolute atomic E-state index is 9.57. The molecule has 1 N–H and O–H groups in total. The van der Waals surface area contributed by atoms with Crippen LogP contribution in [-0.2, 0) is 0 Å². The Bertz CT molecular complexity index is 415. The molecule has 1 aliphatic rings. The van der Waals surface area contributed by atoms with Gasteiger partial charge in [-0.05, 0) is 67.2 Å². The minimum atomic E-state index is -0.410. The molecule has 0 amide bonds. The zero-order chi connectivity index (χ0) is 12.6. The third kappa shape index (κ3) is 2.50. The quantitative estimate of drug-likeness (QED) is 0.895. The smallest absolute Gasteiger partial charge is 0.0762 e. The highest BCUT2D eigenvalue weighted by atomic mass is 79.9. The Labute approximate surface area is 112 Å². The van der Waals surface area contributed by atoms with E-state index in [4.69, 9.17) is 0 Å². The van der Waals surface area contributed by atoms with E-state index in [9.17, 15) is 5.11 Å². The first kappa shape index (κ1) is 12.9. The summed E-state index contributed by atoms with van der Waals surface area (Å²) in [7, 11) is 0. The van der Waals surface area contributed by atoms with E-state index >= 15 is 0 Å². The zero-order valence-electron chi connectivity index (χ0n) is 10.7. The largest absolute Gasteiger partial charge is 0.389 e. The van der Waals surface area contributed by atoms with E-state index in [1.165, 1.54) is 18.5 Å². The van der Waals surface area contributed by atoms with Crippen molar-refractivity contribution in [2.45, 2.75) is 45.3 Å². The molecule has 94 valence electrons. The Morgan fingerprint density at radius 2 is 2.12 bits per heavy atom. The van der Waals surface area contributed by atoms with Crippen LogP contribution in [0.3, 0.4) is 0 Å². The van der Waals surface area contributed by atoms with Crippen LogP contribution in [0.4, 0.5) is 5.69 Å². The van der Waals surface area contributed by atoms with Gasteiger partial charge in [-0.2, -0.15) is 0 Å². The van der Waals surface area contributed by atoms with Crippen molar-refractivity contribution in [1.29, 1.82) is 0 Å². The standard InChI is InChI=1S/C14H20BrNO/c1-10(17)11-5-6-13(12(15)9-11)16-8-4-7-14(16,2)3/h5-6,9-10,17H,4,7-8H2,1-3H3/t10-/m0/s1. The molecule has 0 bridgehead atoms. The summed E-state index contributed by atoms with van der Waals surface area (Å²) in [5.41, 5.74) is 2.42. The van der Waals surface area contributed by atoms with Crippen LogP contribution in [0, 0.1) is 0 Å². The number of nitrogens with zero attached hydrogens (tertiary/aromatic N) is 1. The van der Waals surface area contributed by atoms with Gasteiger partial charge in [-0.1, -0.05) is 6.07 Å². The number of aliphatic hydroxyl groups excluding tert-OH is 1. The van der Waals surface area contributed by atoms with Gasteiger partial charge in [0.05, 0.1) is 11.8 Å². The summed E-state index contributed by atoms with van der Waals surface area (Å²) >= 11 is 3.62.